The van der Waals surface area contributed by atoms with Crippen molar-refractivity contribution >= 4 is 11.8 Å². The summed E-state index contributed by atoms with van der Waals surface area (Å²) in [6.07, 6.45) is 0.715. The van der Waals surface area contributed by atoms with E-state index in [1.165, 1.54) is 6.92 Å². The van der Waals surface area contributed by atoms with E-state index in [1.807, 2.05) is 14.1 Å². The van der Waals surface area contributed by atoms with E-state index in [0.29, 0.717) is 13.0 Å². The Morgan fingerprint density at radius 2 is 2.00 bits per heavy atom. The Hall–Kier alpha value is -1.10. The van der Waals surface area contributed by atoms with Gasteiger partial charge in [-0.3, -0.25) is 9.59 Å². The molecule has 2 atom stereocenters. The van der Waals surface area contributed by atoms with Crippen molar-refractivity contribution < 1.29 is 9.59 Å². The molecule has 5 nitrogen and oxygen atoms in total. The van der Waals surface area contributed by atoms with Gasteiger partial charge >= 0.3 is 0 Å². The molecule has 15 heavy (non-hydrogen) atoms. The Morgan fingerprint density at radius 1 is 1.40 bits per heavy atom. The number of nitrogens with one attached hydrogen (secondary N) is 1. The van der Waals surface area contributed by atoms with E-state index >= 15 is 0 Å². The van der Waals surface area contributed by atoms with Gasteiger partial charge in [0.2, 0.25) is 11.8 Å². The second-order valence-corrected chi connectivity index (χ2v) is 4.15. The predicted octanol–water partition coefficient (Wildman–Crippen LogP) is -0.717. The van der Waals surface area contributed by atoms with Crippen LogP contribution in [-0.2, 0) is 9.59 Å². The molecular formula is C10H19N3O2. The number of nitrogens with zero attached hydrogens (tertiary/aromatic N) is 2. The number of hydrogen-bond donors (Lipinski definition) is 1. The molecule has 0 aromatic carbocycles. The van der Waals surface area contributed by atoms with Gasteiger partial charge in [0.15, 0.2) is 0 Å². The number of amides is 2. The Labute approximate surface area is 90.4 Å². The first-order valence-electron chi connectivity index (χ1n) is 5.12. The third kappa shape index (κ3) is 2.47. The van der Waals surface area contributed by atoms with E-state index in [1.54, 1.807) is 11.9 Å². The number of rotatable bonds is 2. The molecule has 1 heterocycles. The lowest BCUT2D eigenvalue weighted by Gasteiger charge is -2.21. The molecule has 1 aliphatic heterocycles. The molecule has 2 amide bonds. The van der Waals surface area contributed by atoms with Crippen LogP contribution >= 0.6 is 0 Å². The lowest BCUT2D eigenvalue weighted by atomic mass is 10.1. The van der Waals surface area contributed by atoms with Crippen LogP contribution in [0.4, 0.5) is 0 Å². The highest BCUT2D eigenvalue weighted by atomic mass is 16.2. The Bertz CT molecular complexity index is 265. The van der Waals surface area contributed by atoms with Gasteiger partial charge in [0.1, 0.15) is 6.04 Å². The molecule has 0 saturated carbocycles. The zero-order valence-corrected chi connectivity index (χ0v) is 9.78. The SMILES string of the molecule is CNC(=O)[C@@H]1C[C@@H](N(C)C)CN1C(C)=O. The summed E-state index contributed by atoms with van der Waals surface area (Å²) in [5.41, 5.74) is 0. The molecule has 1 aliphatic rings. The minimum Gasteiger partial charge on any atom is -0.357 e. The summed E-state index contributed by atoms with van der Waals surface area (Å²) in [6, 6.07) is -0.0314. The zero-order valence-electron chi connectivity index (χ0n) is 9.78. The van der Waals surface area contributed by atoms with Crippen LogP contribution in [0, 0.1) is 0 Å². The third-order valence-corrected chi connectivity index (χ3v) is 2.96. The molecule has 0 bridgehead atoms. The third-order valence-electron chi connectivity index (χ3n) is 2.96. The van der Waals surface area contributed by atoms with Crippen molar-refractivity contribution in [2.75, 3.05) is 27.7 Å². The first kappa shape index (κ1) is 12.0. The van der Waals surface area contributed by atoms with Gasteiger partial charge in [0, 0.05) is 26.6 Å². The van der Waals surface area contributed by atoms with Crippen molar-refractivity contribution in [1.82, 2.24) is 15.1 Å². The highest BCUT2D eigenvalue weighted by Gasteiger charge is 2.38. The monoisotopic (exact) mass is 213 g/mol. The number of carbonyl (C=O) groups excluding carboxylic acids is 2. The molecule has 0 aliphatic carbocycles. The van der Waals surface area contributed by atoms with Crippen LogP contribution in [0.3, 0.4) is 0 Å². The van der Waals surface area contributed by atoms with Crippen LogP contribution in [0.2, 0.25) is 0 Å². The zero-order chi connectivity index (χ0) is 11.6. The first-order valence-corrected chi connectivity index (χ1v) is 5.12. The Morgan fingerprint density at radius 3 is 2.40 bits per heavy atom. The quantitative estimate of drug-likeness (QED) is 0.659. The Balaban J connectivity index is 2.76. The number of hydrogen-bond acceptors (Lipinski definition) is 3. The van der Waals surface area contributed by atoms with Gasteiger partial charge in [0.05, 0.1) is 0 Å². The van der Waals surface area contributed by atoms with Crippen molar-refractivity contribution in [1.29, 1.82) is 0 Å². The molecule has 1 saturated heterocycles. The van der Waals surface area contributed by atoms with E-state index < -0.39 is 0 Å². The molecule has 1 fully saturated rings. The molecule has 0 radical (unpaired) electrons. The maximum absolute atomic E-state index is 11.6. The predicted molar refractivity (Wildman–Crippen MR) is 57.3 cm³/mol. The molecular weight excluding hydrogens is 194 g/mol. The molecule has 0 spiro atoms. The maximum atomic E-state index is 11.6. The smallest absolute Gasteiger partial charge is 0.242 e. The van der Waals surface area contributed by atoms with Crippen molar-refractivity contribution in [3.63, 3.8) is 0 Å². The molecule has 1 rings (SSSR count). The highest BCUT2D eigenvalue weighted by Crippen LogP contribution is 2.20. The second kappa shape index (κ2) is 4.61. The van der Waals surface area contributed by atoms with Gasteiger partial charge in [-0.2, -0.15) is 0 Å². The van der Waals surface area contributed by atoms with Crippen LogP contribution in [0.15, 0.2) is 0 Å². The fraction of sp³-hybridized carbons (Fsp3) is 0.800. The Kier molecular flexibility index (Phi) is 3.68. The van der Waals surface area contributed by atoms with E-state index in [-0.39, 0.29) is 23.9 Å². The number of likely N-dealkylation sites (N-methyl/N-ethyl adjacent to an activating group) is 2. The summed E-state index contributed by atoms with van der Waals surface area (Å²) in [5.74, 6) is -0.109. The van der Waals surface area contributed by atoms with Crippen LogP contribution in [0.25, 0.3) is 0 Å². The van der Waals surface area contributed by atoms with Gasteiger partial charge < -0.3 is 15.1 Å². The minimum atomic E-state index is -0.306. The normalized spacial score (nSPS) is 25.8. The van der Waals surface area contributed by atoms with Gasteiger partial charge in [-0.1, -0.05) is 0 Å². The minimum absolute atomic E-state index is 0.0343. The van der Waals surface area contributed by atoms with Gasteiger partial charge in [-0.15, -0.1) is 0 Å². The molecule has 5 heteroatoms. The second-order valence-electron chi connectivity index (χ2n) is 4.15. The van der Waals surface area contributed by atoms with Crippen molar-refractivity contribution in [2.45, 2.75) is 25.4 Å². The summed E-state index contributed by atoms with van der Waals surface area (Å²) in [5, 5.41) is 2.60. The molecule has 0 unspecified atom stereocenters. The fourth-order valence-corrected chi connectivity index (χ4v) is 1.95. The highest BCUT2D eigenvalue weighted by molar-refractivity contribution is 5.87. The summed E-state index contributed by atoms with van der Waals surface area (Å²) in [7, 11) is 5.54. The van der Waals surface area contributed by atoms with Crippen LogP contribution < -0.4 is 5.32 Å². The molecule has 0 aromatic rings. The molecule has 0 aromatic heterocycles. The number of carbonyl (C=O) groups is 2. The van der Waals surface area contributed by atoms with E-state index in [9.17, 15) is 9.59 Å². The summed E-state index contributed by atoms with van der Waals surface area (Å²) in [6.45, 7) is 2.15. The van der Waals surface area contributed by atoms with Crippen molar-refractivity contribution in [3.05, 3.63) is 0 Å². The van der Waals surface area contributed by atoms with E-state index in [0.717, 1.165) is 0 Å². The lowest BCUT2D eigenvalue weighted by Crippen LogP contribution is -2.44. The van der Waals surface area contributed by atoms with Gasteiger partial charge in [0.25, 0.3) is 0 Å². The van der Waals surface area contributed by atoms with Crippen molar-refractivity contribution in [2.24, 2.45) is 0 Å². The number of likely N-dealkylation sites (tertiary alicyclic amines) is 1. The van der Waals surface area contributed by atoms with Gasteiger partial charge in [-0.05, 0) is 20.5 Å². The van der Waals surface area contributed by atoms with Crippen LogP contribution in [-0.4, -0.2) is 61.4 Å². The topological polar surface area (TPSA) is 52.7 Å². The maximum Gasteiger partial charge on any atom is 0.242 e. The standard InChI is InChI=1S/C10H19N3O2/c1-7(14)13-6-8(12(3)4)5-9(13)10(15)11-2/h8-9H,5-6H2,1-4H3,(H,11,15)/t8-,9+/m1/s1. The first-order chi connectivity index (χ1) is 6.97. The van der Waals surface area contributed by atoms with Crippen LogP contribution in [0.1, 0.15) is 13.3 Å². The summed E-state index contributed by atoms with van der Waals surface area (Å²) in [4.78, 5) is 26.6. The summed E-state index contributed by atoms with van der Waals surface area (Å²) < 4.78 is 0. The molecule has 86 valence electrons. The molecule has 1 N–H and O–H groups in total. The largest absolute Gasteiger partial charge is 0.357 e. The van der Waals surface area contributed by atoms with E-state index in [4.69, 9.17) is 0 Å². The van der Waals surface area contributed by atoms with Crippen molar-refractivity contribution in [3.8, 4) is 0 Å². The van der Waals surface area contributed by atoms with Gasteiger partial charge in [-0.25, -0.2) is 0 Å². The average Bonchev–Trinajstić information content (AvgIpc) is 2.61. The summed E-state index contributed by atoms with van der Waals surface area (Å²) >= 11 is 0. The lowest BCUT2D eigenvalue weighted by molar-refractivity contribution is -0.136. The van der Waals surface area contributed by atoms with Crippen LogP contribution in [0.5, 0.6) is 0 Å². The average molecular weight is 213 g/mol. The fourth-order valence-electron chi connectivity index (χ4n) is 1.95. The van der Waals surface area contributed by atoms with E-state index in [2.05, 4.69) is 10.2 Å².